The second-order valence-electron chi connectivity index (χ2n) is 6.55. The Morgan fingerprint density at radius 1 is 1.04 bits per heavy atom. The fourth-order valence-electron chi connectivity index (χ4n) is 3.23. The summed E-state index contributed by atoms with van der Waals surface area (Å²) in [6.07, 6.45) is 1.68. The molecule has 0 unspecified atom stereocenters. The van der Waals surface area contributed by atoms with Crippen molar-refractivity contribution in [3.63, 3.8) is 0 Å². The zero-order valence-corrected chi connectivity index (χ0v) is 17.1. The van der Waals surface area contributed by atoms with Gasteiger partial charge >= 0.3 is 5.69 Å². The van der Waals surface area contributed by atoms with Gasteiger partial charge in [-0.25, -0.2) is 13.2 Å². The molecule has 0 saturated carbocycles. The monoisotopic (exact) mass is 464 g/mol. The summed E-state index contributed by atoms with van der Waals surface area (Å²) >= 11 is 3.32. The molecule has 28 heavy (non-hydrogen) atoms. The number of nitrogens with zero attached hydrogens (tertiary/aromatic N) is 1. The first-order valence-corrected chi connectivity index (χ1v) is 10.9. The number of sulfonamides is 1. The van der Waals surface area contributed by atoms with Crippen molar-refractivity contribution < 1.29 is 13.2 Å². The number of carbonyl (C=O) groups excluding carboxylic acids is 1. The molecule has 1 saturated heterocycles. The van der Waals surface area contributed by atoms with Gasteiger partial charge in [-0.3, -0.25) is 4.79 Å². The normalized spacial score (nSPS) is 15.2. The highest BCUT2D eigenvalue weighted by atomic mass is 79.9. The molecule has 146 valence electrons. The molecule has 0 radical (unpaired) electrons. The number of benzene rings is 2. The molecule has 3 N–H and O–H groups in total. The van der Waals surface area contributed by atoms with Crippen molar-refractivity contribution in [1.82, 2.24) is 14.3 Å². The summed E-state index contributed by atoms with van der Waals surface area (Å²) in [5, 5.41) is 2.74. The van der Waals surface area contributed by atoms with Gasteiger partial charge in [0.25, 0.3) is 5.91 Å². The number of hydrogen-bond donors (Lipinski definition) is 3. The lowest BCUT2D eigenvalue weighted by Gasteiger charge is -2.16. The minimum atomic E-state index is -3.62. The van der Waals surface area contributed by atoms with E-state index < -0.39 is 15.9 Å². The van der Waals surface area contributed by atoms with Crippen molar-refractivity contribution >= 4 is 48.6 Å². The average Bonchev–Trinajstić information content (AvgIpc) is 3.30. The maximum atomic E-state index is 12.8. The quantitative estimate of drug-likeness (QED) is 0.550. The number of fused-ring (bicyclic) bond motifs is 1. The third kappa shape index (κ3) is 3.50. The highest BCUT2D eigenvalue weighted by Crippen LogP contribution is 2.26. The first kappa shape index (κ1) is 18.9. The van der Waals surface area contributed by atoms with E-state index in [4.69, 9.17) is 0 Å². The summed E-state index contributed by atoms with van der Waals surface area (Å²) in [6, 6.07) is 9.39. The van der Waals surface area contributed by atoms with Gasteiger partial charge in [0.1, 0.15) is 0 Å². The van der Waals surface area contributed by atoms with Crippen LogP contribution in [0.2, 0.25) is 0 Å². The Bertz CT molecular complexity index is 1230. The van der Waals surface area contributed by atoms with Crippen LogP contribution in [-0.4, -0.2) is 41.7 Å². The van der Waals surface area contributed by atoms with E-state index in [9.17, 15) is 18.0 Å². The van der Waals surface area contributed by atoms with Crippen molar-refractivity contribution in [3.05, 3.63) is 56.9 Å². The Morgan fingerprint density at radius 3 is 2.50 bits per heavy atom. The van der Waals surface area contributed by atoms with Crippen molar-refractivity contribution in [2.24, 2.45) is 0 Å². The molecular weight excluding hydrogens is 448 g/mol. The number of H-pyrrole nitrogens is 2. The van der Waals surface area contributed by atoms with Crippen LogP contribution in [0.1, 0.15) is 23.2 Å². The number of imidazole rings is 1. The SMILES string of the molecule is O=C(Nc1ccc2[nH]c(=O)[nH]c2c1)c1cc(S(=O)(=O)N2CCCC2)ccc1Br. The predicted octanol–water partition coefficient (Wildman–Crippen LogP) is 2.66. The molecule has 1 fully saturated rings. The Balaban J connectivity index is 1.63. The van der Waals surface area contributed by atoms with E-state index in [1.165, 1.54) is 16.4 Å². The molecule has 2 heterocycles. The molecule has 1 aromatic heterocycles. The lowest BCUT2D eigenvalue weighted by molar-refractivity contribution is 0.102. The number of hydrogen-bond acceptors (Lipinski definition) is 4. The molecule has 4 rings (SSSR count). The molecule has 0 aliphatic carbocycles. The van der Waals surface area contributed by atoms with Gasteiger partial charge in [-0.2, -0.15) is 4.31 Å². The average molecular weight is 465 g/mol. The minimum absolute atomic E-state index is 0.0909. The smallest absolute Gasteiger partial charge is 0.322 e. The van der Waals surface area contributed by atoms with E-state index in [0.717, 1.165) is 12.8 Å². The van der Waals surface area contributed by atoms with E-state index in [1.807, 2.05) is 0 Å². The number of amides is 1. The van der Waals surface area contributed by atoms with Gasteiger partial charge in [0.05, 0.1) is 21.5 Å². The number of anilines is 1. The maximum Gasteiger partial charge on any atom is 0.323 e. The van der Waals surface area contributed by atoms with Gasteiger partial charge < -0.3 is 15.3 Å². The van der Waals surface area contributed by atoms with Crippen LogP contribution in [0.3, 0.4) is 0 Å². The number of aromatic amines is 2. The molecule has 8 nitrogen and oxygen atoms in total. The lowest BCUT2D eigenvalue weighted by atomic mass is 10.2. The number of nitrogens with one attached hydrogen (secondary N) is 3. The van der Waals surface area contributed by atoms with Gasteiger partial charge in [-0.1, -0.05) is 0 Å². The van der Waals surface area contributed by atoms with Crippen molar-refractivity contribution in [2.45, 2.75) is 17.7 Å². The van der Waals surface area contributed by atoms with E-state index in [0.29, 0.717) is 34.3 Å². The highest BCUT2D eigenvalue weighted by molar-refractivity contribution is 9.10. The Hall–Kier alpha value is -2.43. The van der Waals surface area contributed by atoms with Crippen LogP contribution in [0.5, 0.6) is 0 Å². The van der Waals surface area contributed by atoms with Crippen LogP contribution in [-0.2, 0) is 10.0 Å². The molecule has 3 aromatic rings. The number of halogens is 1. The summed E-state index contributed by atoms with van der Waals surface area (Å²) in [4.78, 5) is 29.5. The maximum absolute atomic E-state index is 12.8. The van der Waals surface area contributed by atoms with Crippen LogP contribution >= 0.6 is 15.9 Å². The van der Waals surface area contributed by atoms with Crippen molar-refractivity contribution in [2.75, 3.05) is 18.4 Å². The summed E-state index contributed by atoms with van der Waals surface area (Å²) in [7, 11) is -3.62. The van der Waals surface area contributed by atoms with Crippen LogP contribution in [0.4, 0.5) is 5.69 Å². The summed E-state index contributed by atoms with van der Waals surface area (Å²) in [5.74, 6) is -0.456. The predicted molar refractivity (Wildman–Crippen MR) is 109 cm³/mol. The van der Waals surface area contributed by atoms with Gasteiger partial charge in [0.15, 0.2) is 0 Å². The first-order chi connectivity index (χ1) is 13.3. The van der Waals surface area contributed by atoms with Crippen LogP contribution in [0.15, 0.2) is 50.6 Å². The van der Waals surface area contributed by atoms with Gasteiger partial charge in [0.2, 0.25) is 10.0 Å². The molecule has 2 aromatic carbocycles. The van der Waals surface area contributed by atoms with E-state index in [2.05, 4.69) is 31.2 Å². The summed E-state index contributed by atoms with van der Waals surface area (Å²) in [5.41, 5.74) is 1.55. The molecule has 0 bridgehead atoms. The van der Waals surface area contributed by atoms with Crippen LogP contribution < -0.4 is 11.0 Å². The number of rotatable bonds is 4. The minimum Gasteiger partial charge on any atom is -0.322 e. The lowest BCUT2D eigenvalue weighted by Crippen LogP contribution is -2.28. The molecule has 0 spiro atoms. The highest BCUT2D eigenvalue weighted by Gasteiger charge is 2.28. The first-order valence-electron chi connectivity index (χ1n) is 8.68. The van der Waals surface area contributed by atoms with Gasteiger partial charge in [-0.05, 0) is 65.2 Å². The molecule has 1 aliphatic heterocycles. The number of aromatic nitrogens is 2. The van der Waals surface area contributed by atoms with E-state index >= 15 is 0 Å². The Kier molecular flexibility index (Phi) is 4.86. The fourth-order valence-corrected chi connectivity index (χ4v) is 5.20. The van der Waals surface area contributed by atoms with Crippen molar-refractivity contribution in [3.8, 4) is 0 Å². The third-order valence-electron chi connectivity index (χ3n) is 4.66. The zero-order chi connectivity index (χ0) is 19.9. The molecule has 10 heteroatoms. The molecule has 1 amide bonds. The van der Waals surface area contributed by atoms with Crippen LogP contribution in [0.25, 0.3) is 11.0 Å². The second-order valence-corrected chi connectivity index (χ2v) is 9.34. The topological polar surface area (TPSA) is 115 Å². The molecule has 0 atom stereocenters. The van der Waals surface area contributed by atoms with E-state index in [-0.39, 0.29) is 16.1 Å². The van der Waals surface area contributed by atoms with Crippen molar-refractivity contribution in [1.29, 1.82) is 0 Å². The Labute approximate surface area is 169 Å². The van der Waals surface area contributed by atoms with Gasteiger partial charge in [0, 0.05) is 23.2 Å². The zero-order valence-electron chi connectivity index (χ0n) is 14.7. The van der Waals surface area contributed by atoms with E-state index in [1.54, 1.807) is 24.3 Å². The largest absolute Gasteiger partial charge is 0.323 e. The van der Waals surface area contributed by atoms with Crippen LogP contribution in [0, 0.1) is 0 Å². The number of carbonyl (C=O) groups is 1. The second kappa shape index (κ2) is 7.19. The summed E-state index contributed by atoms with van der Waals surface area (Å²) in [6.45, 7) is 0.990. The standard InChI is InChI=1S/C18H17BrN4O4S/c19-14-5-4-12(28(26,27)23-7-1-2-8-23)10-13(14)17(24)20-11-3-6-15-16(9-11)22-18(25)21-15/h3-6,9-10H,1-2,7-8H2,(H,20,24)(H2,21,22,25). The third-order valence-corrected chi connectivity index (χ3v) is 7.25. The fraction of sp³-hybridized carbons (Fsp3) is 0.222. The molecular formula is C18H17BrN4O4S. The Morgan fingerprint density at radius 2 is 1.75 bits per heavy atom. The summed E-state index contributed by atoms with van der Waals surface area (Å²) < 4.78 is 27.5. The van der Waals surface area contributed by atoms with Gasteiger partial charge in [-0.15, -0.1) is 0 Å². The molecule has 1 aliphatic rings.